The first-order valence-corrected chi connectivity index (χ1v) is 9.24. The van der Waals surface area contributed by atoms with Gasteiger partial charge in [0.05, 0.1) is 0 Å². The van der Waals surface area contributed by atoms with Gasteiger partial charge in [0.1, 0.15) is 0 Å². The molecule has 0 aromatic heterocycles. The molecule has 0 saturated heterocycles. The van der Waals surface area contributed by atoms with Crippen LogP contribution in [0.4, 0.5) is 0 Å². The Morgan fingerprint density at radius 1 is 0.826 bits per heavy atom. The molecule has 0 bridgehead atoms. The van der Waals surface area contributed by atoms with Crippen LogP contribution in [0, 0.1) is 11.8 Å². The van der Waals surface area contributed by atoms with E-state index in [2.05, 4.69) is 18.4 Å². The van der Waals surface area contributed by atoms with Crippen molar-refractivity contribution in [2.45, 2.75) is 20.8 Å². The molecule has 0 N–H and O–H groups in total. The minimum Gasteiger partial charge on any atom is -0.309 e. The van der Waals surface area contributed by atoms with Crippen LogP contribution >= 0.6 is 7.14 Å². The fourth-order valence-corrected chi connectivity index (χ4v) is 5.12. The van der Waals surface area contributed by atoms with Gasteiger partial charge in [0.2, 0.25) is 0 Å². The molecule has 0 aliphatic rings. The van der Waals surface area contributed by atoms with Crippen molar-refractivity contribution in [3.8, 4) is 11.8 Å². The van der Waals surface area contributed by atoms with Crippen LogP contribution in [0.25, 0.3) is 0 Å². The summed E-state index contributed by atoms with van der Waals surface area (Å²) in [4.78, 5) is 0. The van der Waals surface area contributed by atoms with E-state index in [0.29, 0.717) is 0 Å². The summed E-state index contributed by atoms with van der Waals surface area (Å²) >= 11 is 0. The van der Waals surface area contributed by atoms with Crippen LogP contribution in [0.15, 0.2) is 83.7 Å². The molecule has 0 saturated carbocycles. The molecular formula is C21H21OP. The molecule has 0 aliphatic heterocycles. The second kappa shape index (κ2) is 7.32. The molecule has 2 aromatic rings. The van der Waals surface area contributed by atoms with Crippen molar-refractivity contribution in [2.24, 2.45) is 0 Å². The topological polar surface area (TPSA) is 17.1 Å². The average molecular weight is 320 g/mol. The molecule has 2 heteroatoms. The summed E-state index contributed by atoms with van der Waals surface area (Å²) in [7, 11) is -2.88. The molecule has 0 aliphatic carbocycles. The number of allylic oxidation sites excluding steroid dienone is 3. The van der Waals surface area contributed by atoms with E-state index >= 15 is 0 Å². The summed E-state index contributed by atoms with van der Waals surface area (Å²) in [6.07, 6.45) is 0. The highest BCUT2D eigenvalue weighted by atomic mass is 31.2. The lowest BCUT2D eigenvalue weighted by Crippen LogP contribution is -2.17. The van der Waals surface area contributed by atoms with Gasteiger partial charge in [-0.15, -0.1) is 0 Å². The van der Waals surface area contributed by atoms with E-state index in [0.717, 1.165) is 27.1 Å². The van der Waals surface area contributed by atoms with E-state index in [9.17, 15) is 4.57 Å². The molecule has 23 heavy (non-hydrogen) atoms. The maximum Gasteiger partial charge on any atom is 0.167 e. The Morgan fingerprint density at radius 3 is 1.65 bits per heavy atom. The lowest BCUT2D eigenvalue weighted by molar-refractivity contribution is 0.590. The molecule has 0 amide bonds. The highest BCUT2D eigenvalue weighted by molar-refractivity contribution is 7.82. The fraction of sp³-hybridized carbons (Fsp3) is 0.143. The van der Waals surface area contributed by atoms with E-state index in [4.69, 9.17) is 0 Å². The molecule has 116 valence electrons. The van der Waals surface area contributed by atoms with Crippen LogP contribution in [0.2, 0.25) is 0 Å². The van der Waals surface area contributed by atoms with Gasteiger partial charge in [-0.1, -0.05) is 79.1 Å². The molecule has 2 aromatic carbocycles. The third-order valence-corrected chi connectivity index (χ3v) is 7.05. The van der Waals surface area contributed by atoms with Crippen molar-refractivity contribution in [1.29, 1.82) is 0 Å². The molecule has 0 unspecified atom stereocenters. The van der Waals surface area contributed by atoms with Gasteiger partial charge < -0.3 is 4.57 Å². The van der Waals surface area contributed by atoms with Crippen LogP contribution in [0.3, 0.4) is 0 Å². The minimum atomic E-state index is -2.88. The van der Waals surface area contributed by atoms with Crippen molar-refractivity contribution in [1.82, 2.24) is 0 Å². The summed E-state index contributed by atoms with van der Waals surface area (Å²) in [6.45, 7) is 9.50. The summed E-state index contributed by atoms with van der Waals surface area (Å²) < 4.78 is 14.1. The summed E-state index contributed by atoms with van der Waals surface area (Å²) in [5, 5.41) is 2.49. The number of hydrogen-bond acceptors (Lipinski definition) is 1. The van der Waals surface area contributed by atoms with E-state index in [1.807, 2.05) is 81.4 Å². The number of benzene rings is 2. The van der Waals surface area contributed by atoms with Crippen molar-refractivity contribution < 1.29 is 4.57 Å². The standard InChI is InChI=1S/C21H21OP/c1-17(2)15-16-18(3)19(4)23(22,20-11-7-5-8-12-20)21-13-9-6-10-14-21/h5-14H,1H2,2-4H3/b19-18+. The molecule has 0 radical (unpaired) electrons. The Balaban J connectivity index is 2.70. The maximum absolute atomic E-state index is 14.1. The summed E-state index contributed by atoms with van der Waals surface area (Å²) in [5.41, 5.74) is 1.63. The van der Waals surface area contributed by atoms with Gasteiger partial charge in [-0.25, -0.2) is 0 Å². The zero-order valence-corrected chi connectivity index (χ0v) is 14.7. The lowest BCUT2D eigenvalue weighted by atomic mass is 10.2. The predicted octanol–water partition coefficient (Wildman–Crippen LogP) is 4.87. The van der Waals surface area contributed by atoms with E-state index in [-0.39, 0.29) is 0 Å². The molecule has 0 fully saturated rings. The van der Waals surface area contributed by atoms with Gasteiger partial charge in [-0.3, -0.25) is 0 Å². The lowest BCUT2D eigenvalue weighted by Gasteiger charge is -2.21. The Kier molecular flexibility index (Phi) is 5.43. The molecule has 0 heterocycles. The fourth-order valence-electron chi connectivity index (χ4n) is 2.34. The summed E-state index contributed by atoms with van der Waals surface area (Å²) in [5.74, 6) is 6.06. The minimum absolute atomic E-state index is 0.798. The zero-order valence-electron chi connectivity index (χ0n) is 13.8. The average Bonchev–Trinajstić information content (AvgIpc) is 2.59. The van der Waals surface area contributed by atoms with Crippen molar-refractivity contribution in [3.63, 3.8) is 0 Å². The van der Waals surface area contributed by atoms with Crippen LogP contribution in [-0.4, -0.2) is 0 Å². The van der Waals surface area contributed by atoms with Crippen LogP contribution < -0.4 is 10.6 Å². The number of rotatable bonds is 3. The van der Waals surface area contributed by atoms with Gasteiger partial charge in [0, 0.05) is 21.5 Å². The first-order valence-electron chi connectivity index (χ1n) is 7.53. The zero-order chi connectivity index (χ0) is 16.9. The van der Waals surface area contributed by atoms with Gasteiger partial charge in [0.25, 0.3) is 0 Å². The Hall–Kier alpha value is -2.29. The smallest absolute Gasteiger partial charge is 0.167 e. The van der Waals surface area contributed by atoms with Crippen molar-refractivity contribution >= 4 is 17.8 Å². The van der Waals surface area contributed by atoms with Gasteiger partial charge >= 0.3 is 0 Å². The van der Waals surface area contributed by atoms with E-state index in [1.54, 1.807) is 0 Å². The first kappa shape index (κ1) is 17.1. The SMILES string of the molecule is C=C(C)C#C/C(C)=C(\C)P(=O)(c1ccccc1)c1ccccc1. The van der Waals surface area contributed by atoms with Gasteiger partial charge in [0.15, 0.2) is 7.14 Å². The van der Waals surface area contributed by atoms with Crippen LogP contribution in [0.5, 0.6) is 0 Å². The quantitative estimate of drug-likeness (QED) is 0.582. The molecular weight excluding hydrogens is 299 g/mol. The van der Waals surface area contributed by atoms with Crippen LogP contribution in [-0.2, 0) is 4.57 Å². The number of hydrogen-bond donors (Lipinski definition) is 0. The first-order chi connectivity index (χ1) is 11.0. The van der Waals surface area contributed by atoms with Crippen molar-refractivity contribution in [2.75, 3.05) is 0 Å². The molecule has 0 atom stereocenters. The highest BCUT2D eigenvalue weighted by Crippen LogP contribution is 2.52. The normalized spacial score (nSPS) is 12.0. The third kappa shape index (κ3) is 3.73. The molecule has 1 nitrogen and oxygen atoms in total. The van der Waals surface area contributed by atoms with E-state index < -0.39 is 7.14 Å². The maximum atomic E-state index is 14.1. The summed E-state index contributed by atoms with van der Waals surface area (Å²) in [6, 6.07) is 19.3. The predicted molar refractivity (Wildman–Crippen MR) is 101 cm³/mol. The molecule has 2 rings (SSSR count). The Morgan fingerprint density at radius 2 is 1.26 bits per heavy atom. The second-order valence-electron chi connectivity index (χ2n) is 5.52. The van der Waals surface area contributed by atoms with Gasteiger partial charge in [-0.2, -0.15) is 0 Å². The van der Waals surface area contributed by atoms with Crippen LogP contribution in [0.1, 0.15) is 20.8 Å². The van der Waals surface area contributed by atoms with Gasteiger partial charge in [-0.05, 0) is 26.3 Å². The highest BCUT2D eigenvalue weighted by Gasteiger charge is 2.30. The third-order valence-electron chi connectivity index (χ3n) is 3.72. The van der Waals surface area contributed by atoms with Crippen molar-refractivity contribution in [3.05, 3.63) is 83.7 Å². The second-order valence-corrected chi connectivity index (χ2v) is 8.44. The molecule has 0 spiro atoms. The largest absolute Gasteiger partial charge is 0.309 e. The Bertz CT molecular complexity index is 790. The van der Waals surface area contributed by atoms with E-state index in [1.165, 1.54) is 0 Å². The monoisotopic (exact) mass is 320 g/mol. The Labute approximate surface area is 139 Å².